The van der Waals surface area contributed by atoms with Gasteiger partial charge in [0.25, 0.3) is 5.56 Å². The molecule has 34 heavy (non-hydrogen) atoms. The van der Waals surface area contributed by atoms with Crippen LogP contribution in [0.25, 0.3) is 11.2 Å². The van der Waals surface area contributed by atoms with Crippen molar-refractivity contribution < 1.29 is 4.79 Å². The molecule has 0 aliphatic heterocycles. The van der Waals surface area contributed by atoms with Gasteiger partial charge in [-0.1, -0.05) is 27.2 Å². The van der Waals surface area contributed by atoms with E-state index in [1.807, 2.05) is 11.5 Å². The maximum Gasteiger partial charge on any atom is 0.330 e. The van der Waals surface area contributed by atoms with Crippen molar-refractivity contribution in [1.82, 2.24) is 29.4 Å². The second-order valence-corrected chi connectivity index (χ2v) is 10.1. The highest BCUT2D eigenvalue weighted by molar-refractivity contribution is 7.09. The lowest BCUT2D eigenvalue weighted by Gasteiger charge is -2.11. The molecule has 0 aliphatic carbocycles. The molecular formula is C24H36N6O3S. The fourth-order valence-electron chi connectivity index (χ4n) is 3.95. The van der Waals surface area contributed by atoms with Gasteiger partial charge in [0, 0.05) is 43.5 Å². The first-order valence-corrected chi connectivity index (χ1v) is 13.1. The minimum absolute atomic E-state index is 0.0365. The van der Waals surface area contributed by atoms with Crippen LogP contribution in [-0.4, -0.2) is 36.5 Å². The average molecular weight is 489 g/mol. The number of unbranched alkanes of at least 4 members (excludes halogenated alkanes) is 2. The molecule has 0 saturated heterocycles. The number of hydrogen-bond acceptors (Lipinski definition) is 6. The molecule has 0 aliphatic rings. The molecule has 1 amide bonds. The summed E-state index contributed by atoms with van der Waals surface area (Å²) >= 11 is 1.68. The van der Waals surface area contributed by atoms with Crippen LogP contribution in [0, 0.1) is 12.8 Å². The molecule has 0 bridgehead atoms. The summed E-state index contributed by atoms with van der Waals surface area (Å²) in [5.41, 5.74) is 1.03. The number of nitrogens with one attached hydrogen (secondary N) is 2. The van der Waals surface area contributed by atoms with E-state index < -0.39 is 11.2 Å². The minimum atomic E-state index is -0.433. The van der Waals surface area contributed by atoms with Crippen LogP contribution in [0.4, 0.5) is 0 Å². The van der Waals surface area contributed by atoms with E-state index in [4.69, 9.17) is 0 Å². The molecule has 10 heteroatoms. The Labute approximate surface area is 203 Å². The number of carbonyl (C=O) groups is 1. The van der Waals surface area contributed by atoms with Crippen LogP contribution in [0.3, 0.4) is 0 Å². The number of nitrogens with zero attached hydrogens (tertiary/aromatic N) is 4. The average Bonchev–Trinajstić information content (AvgIpc) is 3.35. The number of aryl methyl sites for hydroxylation is 4. The van der Waals surface area contributed by atoms with Crippen LogP contribution in [0.2, 0.25) is 0 Å². The molecule has 0 unspecified atom stereocenters. The van der Waals surface area contributed by atoms with E-state index in [2.05, 4.69) is 46.4 Å². The first-order chi connectivity index (χ1) is 16.3. The van der Waals surface area contributed by atoms with Crippen molar-refractivity contribution in [3.63, 3.8) is 0 Å². The molecule has 3 rings (SSSR count). The van der Waals surface area contributed by atoms with E-state index in [1.54, 1.807) is 15.9 Å². The van der Waals surface area contributed by atoms with E-state index in [-0.39, 0.29) is 18.2 Å². The second kappa shape index (κ2) is 12.1. The highest BCUT2D eigenvalue weighted by Crippen LogP contribution is 2.16. The van der Waals surface area contributed by atoms with Gasteiger partial charge >= 0.3 is 5.69 Å². The molecule has 3 aromatic rings. The topological polar surface area (TPSA) is 115 Å². The van der Waals surface area contributed by atoms with Crippen molar-refractivity contribution in [2.24, 2.45) is 5.92 Å². The van der Waals surface area contributed by atoms with Crippen molar-refractivity contribution in [2.45, 2.75) is 85.7 Å². The monoisotopic (exact) mass is 488 g/mol. The van der Waals surface area contributed by atoms with E-state index in [0.29, 0.717) is 43.0 Å². The van der Waals surface area contributed by atoms with Crippen LogP contribution in [-0.2, 0) is 30.7 Å². The van der Waals surface area contributed by atoms with Crippen molar-refractivity contribution in [3.8, 4) is 0 Å². The zero-order chi connectivity index (χ0) is 24.7. The summed E-state index contributed by atoms with van der Waals surface area (Å²) in [6, 6.07) is 0. The molecule has 9 nitrogen and oxygen atoms in total. The first kappa shape index (κ1) is 25.9. The van der Waals surface area contributed by atoms with E-state index >= 15 is 0 Å². The Balaban J connectivity index is 1.65. The predicted octanol–water partition coefficient (Wildman–Crippen LogP) is 3.18. The number of aromatic nitrogens is 5. The summed E-state index contributed by atoms with van der Waals surface area (Å²) in [6.07, 6.45) is 5.25. The third kappa shape index (κ3) is 6.65. The number of thiazole rings is 1. The quantitative estimate of drug-likeness (QED) is 0.359. The summed E-state index contributed by atoms with van der Waals surface area (Å²) in [4.78, 5) is 49.1. The highest BCUT2D eigenvalue weighted by atomic mass is 32.1. The lowest BCUT2D eigenvalue weighted by molar-refractivity contribution is -0.121. The lowest BCUT2D eigenvalue weighted by atomic mass is 10.2. The van der Waals surface area contributed by atoms with Crippen molar-refractivity contribution in [1.29, 1.82) is 0 Å². The summed E-state index contributed by atoms with van der Waals surface area (Å²) in [5.74, 6) is 0.909. The van der Waals surface area contributed by atoms with Gasteiger partial charge in [0.2, 0.25) is 5.91 Å². The Morgan fingerprint density at radius 1 is 1.15 bits per heavy atom. The first-order valence-electron chi connectivity index (χ1n) is 12.2. The van der Waals surface area contributed by atoms with E-state index in [1.165, 1.54) is 0 Å². The van der Waals surface area contributed by atoms with Crippen molar-refractivity contribution in [2.75, 3.05) is 6.54 Å². The lowest BCUT2D eigenvalue weighted by Crippen LogP contribution is -2.31. The van der Waals surface area contributed by atoms with Crippen LogP contribution < -0.4 is 16.6 Å². The third-order valence-electron chi connectivity index (χ3n) is 5.63. The largest absolute Gasteiger partial charge is 0.356 e. The van der Waals surface area contributed by atoms with Gasteiger partial charge < -0.3 is 9.88 Å². The zero-order valence-corrected chi connectivity index (χ0v) is 21.5. The van der Waals surface area contributed by atoms with Gasteiger partial charge in [0.05, 0.1) is 5.01 Å². The van der Waals surface area contributed by atoms with Crippen LogP contribution in [0.5, 0.6) is 0 Å². The molecule has 186 valence electrons. The molecule has 0 aromatic carbocycles. The predicted molar refractivity (Wildman–Crippen MR) is 135 cm³/mol. The molecule has 0 atom stereocenters. The number of imidazole rings is 1. The number of carbonyl (C=O) groups excluding carboxylic acids is 1. The summed E-state index contributed by atoms with van der Waals surface area (Å²) in [6.45, 7) is 9.90. The van der Waals surface area contributed by atoms with E-state index in [0.717, 1.165) is 42.8 Å². The Kier molecular flexibility index (Phi) is 9.20. The maximum atomic E-state index is 12.7. The minimum Gasteiger partial charge on any atom is -0.356 e. The number of amides is 1. The Bertz CT molecular complexity index is 1220. The highest BCUT2D eigenvalue weighted by Gasteiger charge is 2.19. The van der Waals surface area contributed by atoms with Gasteiger partial charge in [-0.3, -0.25) is 19.1 Å². The number of fused-ring (bicyclic) bond motifs is 1. The van der Waals surface area contributed by atoms with Crippen LogP contribution in [0.15, 0.2) is 15.0 Å². The van der Waals surface area contributed by atoms with Gasteiger partial charge in [0.15, 0.2) is 11.2 Å². The van der Waals surface area contributed by atoms with Gasteiger partial charge in [-0.15, -0.1) is 11.3 Å². The molecule has 0 saturated carbocycles. The molecule has 2 N–H and O–H groups in total. The molecule has 3 aromatic heterocycles. The number of rotatable bonds is 13. The molecule has 0 spiro atoms. The van der Waals surface area contributed by atoms with Gasteiger partial charge in [-0.25, -0.2) is 14.8 Å². The fourth-order valence-corrected chi connectivity index (χ4v) is 4.77. The maximum absolute atomic E-state index is 12.7. The summed E-state index contributed by atoms with van der Waals surface area (Å²) in [7, 11) is 0. The Hall–Kier alpha value is -2.75. The van der Waals surface area contributed by atoms with Crippen molar-refractivity contribution in [3.05, 3.63) is 42.7 Å². The van der Waals surface area contributed by atoms with Crippen LogP contribution >= 0.6 is 11.3 Å². The molecular weight excluding hydrogens is 452 g/mol. The fraction of sp³-hybridized carbons (Fsp3) is 0.625. The number of hydrogen-bond donors (Lipinski definition) is 2. The normalized spacial score (nSPS) is 11.6. The van der Waals surface area contributed by atoms with Gasteiger partial charge in [-0.05, 0) is 38.5 Å². The van der Waals surface area contributed by atoms with Gasteiger partial charge in [-0.2, -0.15) is 0 Å². The van der Waals surface area contributed by atoms with Gasteiger partial charge in [0.1, 0.15) is 5.82 Å². The Morgan fingerprint density at radius 2 is 1.94 bits per heavy atom. The molecule has 3 heterocycles. The summed E-state index contributed by atoms with van der Waals surface area (Å²) < 4.78 is 3.43. The zero-order valence-electron chi connectivity index (χ0n) is 20.6. The Morgan fingerprint density at radius 3 is 2.62 bits per heavy atom. The standard InChI is InChI=1S/C24H36N6O3S/c1-5-6-13-29-22-21(23(32)28-24(29)33)30(14-16(2)3)18(27-22)10-11-19(31)25-12-8-7-9-20-26-17(4)15-34-20/h15-16H,5-14H2,1-4H3,(H,25,31)(H,28,32,33). The second-order valence-electron chi connectivity index (χ2n) is 9.16. The van der Waals surface area contributed by atoms with E-state index in [9.17, 15) is 14.4 Å². The number of aromatic amines is 1. The third-order valence-corrected chi connectivity index (χ3v) is 6.66. The molecule has 0 radical (unpaired) electrons. The molecule has 0 fully saturated rings. The van der Waals surface area contributed by atoms with Crippen molar-refractivity contribution >= 4 is 28.4 Å². The van der Waals surface area contributed by atoms with Crippen LogP contribution in [0.1, 0.15) is 69.4 Å². The summed E-state index contributed by atoms with van der Waals surface area (Å²) in [5, 5.41) is 6.18. The number of H-pyrrole nitrogens is 1. The smallest absolute Gasteiger partial charge is 0.330 e. The SMILES string of the molecule is CCCCn1c(=O)[nH]c(=O)c2c1nc(CCC(=O)NCCCCc1nc(C)cs1)n2CC(C)C.